The van der Waals surface area contributed by atoms with Crippen LogP contribution in [0.25, 0.3) is 0 Å². The molecule has 222 valence electrons. The molecule has 3 heterocycles. The van der Waals surface area contributed by atoms with Gasteiger partial charge in [-0.05, 0) is 60.4 Å². The number of fused-ring (bicyclic) bond motifs is 1. The van der Waals surface area contributed by atoms with Crippen LogP contribution in [0.1, 0.15) is 38.7 Å². The second-order valence-corrected chi connectivity index (χ2v) is 13.0. The third-order valence-electron chi connectivity index (χ3n) is 9.78. The minimum atomic E-state index is -1.21. The molecule has 6 rings (SSSR count). The van der Waals surface area contributed by atoms with Crippen molar-refractivity contribution in [2.75, 3.05) is 18.7 Å². The molecule has 1 spiro atoms. The second kappa shape index (κ2) is 11.4. The zero-order chi connectivity index (χ0) is 29.6. The highest BCUT2D eigenvalue weighted by Crippen LogP contribution is 2.55. The summed E-state index contributed by atoms with van der Waals surface area (Å²) in [6.45, 7) is 4.62. The summed E-state index contributed by atoms with van der Waals surface area (Å²) in [6.07, 6.45) is 8.23. The number of hydrogen-bond acceptors (Lipinski definition) is 6. The Morgan fingerprint density at radius 1 is 1.12 bits per heavy atom. The van der Waals surface area contributed by atoms with E-state index in [1.807, 2.05) is 66.9 Å². The van der Waals surface area contributed by atoms with Crippen molar-refractivity contribution in [3.63, 3.8) is 0 Å². The molecule has 0 radical (unpaired) electrons. The fourth-order valence-electron chi connectivity index (χ4n) is 7.38. The lowest BCUT2D eigenvalue weighted by Gasteiger charge is -2.38. The summed E-state index contributed by atoms with van der Waals surface area (Å²) in [5, 5.41) is 6.33. The van der Waals surface area contributed by atoms with E-state index in [1.54, 1.807) is 23.8 Å². The van der Waals surface area contributed by atoms with Crippen LogP contribution in [0.4, 0.5) is 5.69 Å². The normalized spacial score (nSPS) is 33.0. The molecule has 3 fully saturated rings. The van der Waals surface area contributed by atoms with Crippen LogP contribution in [-0.4, -0.2) is 59.8 Å². The average molecular weight is 590 g/mol. The zero-order valence-corrected chi connectivity index (χ0v) is 25.4. The maximum atomic E-state index is 14.3. The SMILES string of the molecule is COc1cccc(CN2C(=O)[C@@H]3C(C(=O)Nc4cccc(SC)c4)[C@@H]4C=CC3(O4)C2C(=O)NC2CCCC(C)C2C)c1. The Hall–Kier alpha value is -3.30. The molecule has 0 aromatic heterocycles. The summed E-state index contributed by atoms with van der Waals surface area (Å²) in [5.41, 5.74) is 0.295. The van der Waals surface area contributed by atoms with Crippen LogP contribution in [0.3, 0.4) is 0 Å². The van der Waals surface area contributed by atoms with E-state index in [4.69, 9.17) is 9.47 Å². The van der Waals surface area contributed by atoms with Crippen LogP contribution in [-0.2, 0) is 25.7 Å². The maximum absolute atomic E-state index is 14.3. The van der Waals surface area contributed by atoms with Crippen molar-refractivity contribution < 1.29 is 23.9 Å². The number of hydrogen-bond donors (Lipinski definition) is 2. The largest absolute Gasteiger partial charge is 0.497 e. The summed E-state index contributed by atoms with van der Waals surface area (Å²) in [7, 11) is 1.60. The monoisotopic (exact) mass is 589 g/mol. The first-order valence-electron chi connectivity index (χ1n) is 14.8. The number of anilines is 1. The molecule has 2 aromatic rings. The number of carbonyl (C=O) groups is 3. The topological polar surface area (TPSA) is 97.0 Å². The van der Waals surface area contributed by atoms with Gasteiger partial charge in [-0.15, -0.1) is 11.8 Å². The fourth-order valence-corrected chi connectivity index (χ4v) is 7.84. The second-order valence-electron chi connectivity index (χ2n) is 12.1. The van der Waals surface area contributed by atoms with Gasteiger partial charge in [0.1, 0.15) is 17.4 Å². The Labute approximate surface area is 251 Å². The minimum absolute atomic E-state index is 0.0239. The first kappa shape index (κ1) is 28.8. The first-order valence-corrected chi connectivity index (χ1v) is 16.0. The molecule has 8 atom stereocenters. The van der Waals surface area contributed by atoms with Gasteiger partial charge < -0.3 is 25.0 Å². The number of thioether (sulfide) groups is 1. The van der Waals surface area contributed by atoms with Crippen molar-refractivity contribution in [3.8, 4) is 5.75 Å². The van der Waals surface area contributed by atoms with E-state index in [9.17, 15) is 14.4 Å². The molecule has 42 heavy (non-hydrogen) atoms. The van der Waals surface area contributed by atoms with Crippen LogP contribution in [0, 0.1) is 23.7 Å². The first-order chi connectivity index (χ1) is 20.3. The van der Waals surface area contributed by atoms with Crippen LogP contribution in [0.5, 0.6) is 5.75 Å². The smallest absolute Gasteiger partial charge is 0.246 e. The summed E-state index contributed by atoms with van der Waals surface area (Å²) in [4.78, 5) is 45.0. The molecular formula is C33H39N3O5S. The van der Waals surface area contributed by atoms with Crippen LogP contribution in [0.2, 0.25) is 0 Å². The van der Waals surface area contributed by atoms with Crippen molar-refractivity contribution in [3.05, 3.63) is 66.2 Å². The number of benzene rings is 2. The molecular weight excluding hydrogens is 550 g/mol. The van der Waals surface area contributed by atoms with Gasteiger partial charge in [-0.1, -0.05) is 57.0 Å². The van der Waals surface area contributed by atoms with E-state index in [2.05, 4.69) is 24.5 Å². The van der Waals surface area contributed by atoms with Gasteiger partial charge in [0.2, 0.25) is 17.7 Å². The van der Waals surface area contributed by atoms with E-state index in [0.29, 0.717) is 23.3 Å². The molecule has 6 unspecified atom stereocenters. The zero-order valence-electron chi connectivity index (χ0n) is 24.5. The van der Waals surface area contributed by atoms with Gasteiger partial charge in [0, 0.05) is 23.2 Å². The van der Waals surface area contributed by atoms with Crippen molar-refractivity contribution >= 4 is 35.2 Å². The number of amides is 3. The Morgan fingerprint density at radius 3 is 2.71 bits per heavy atom. The van der Waals surface area contributed by atoms with Crippen LogP contribution in [0.15, 0.2) is 65.6 Å². The number of nitrogens with one attached hydrogen (secondary N) is 2. The van der Waals surface area contributed by atoms with Gasteiger partial charge in [0.25, 0.3) is 0 Å². The number of methoxy groups -OCH3 is 1. The minimum Gasteiger partial charge on any atom is -0.497 e. The third-order valence-corrected chi connectivity index (χ3v) is 10.5. The summed E-state index contributed by atoms with van der Waals surface area (Å²) in [6, 6.07) is 14.3. The quantitative estimate of drug-likeness (QED) is 0.344. The molecule has 8 nitrogen and oxygen atoms in total. The highest BCUT2D eigenvalue weighted by atomic mass is 32.2. The third kappa shape index (κ3) is 4.90. The van der Waals surface area contributed by atoms with Gasteiger partial charge in [-0.25, -0.2) is 0 Å². The van der Waals surface area contributed by atoms with E-state index in [1.165, 1.54) is 0 Å². The van der Waals surface area contributed by atoms with Crippen LogP contribution >= 0.6 is 11.8 Å². The van der Waals surface area contributed by atoms with Gasteiger partial charge in [0.05, 0.1) is 25.0 Å². The molecule has 3 aliphatic heterocycles. The summed E-state index contributed by atoms with van der Waals surface area (Å²) >= 11 is 1.59. The molecule has 3 amide bonds. The van der Waals surface area contributed by atoms with Gasteiger partial charge in [-0.3, -0.25) is 14.4 Å². The van der Waals surface area contributed by atoms with E-state index < -0.39 is 29.6 Å². The molecule has 2 N–H and O–H groups in total. The molecule has 1 saturated carbocycles. The van der Waals surface area contributed by atoms with Crippen molar-refractivity contribution in [2.45, 2.75) is 68.3 Å². The van der Waals surface area contributed by atoms with Gasteiger partial charge in [0.15, 0.2) is 0 Å². The van der Waals surface area contributed by atoms with E-state index >= 15 is 0 Å². The highest BCUT2D eigenvalue weighted by Gasteiger charge is 2.72. The Morgan fingerprint density at radius 2 is 1.93 bits per heavy atom. The van der Waals surface area contributed by atoms with Crippen LogP contribution < -0.4 is 15.4 Å². The lowest BCUT2D eigenvalue weighted by molar-refractivity contribution is -0.142. The standard InChI is InChI=1S/C33H39N3O5S/c1-19-8-5-13-25(20(19)2)35-31(38)29-33-15-14-26(41-33)27(30(37)34-22-10-7-12-24(17-22)42-4)28(33)32(39)36(29)18-21-9-6-11-23(16-21)40-3/h6-7,9-12,14-17,19-20,25-29H,5,8,13,18H2,1-4H3,(H,34,37)(H,35,38)/t19?,20?,25?,26-,27?,28-,29?,33?/m0/s1. The lowest BCUT2D eigenvalue weighted by Crippen LogP contribution is -2.57. The van der Waals surface area contributed by atoms with Crippen molar-refractivity contribution in [1.82, 2.24) is 10.2 Å². The maximum Gasteiger partial charge on any atom is 0.246 e. The number of rotatable bonds is 8. The number of ether oxygens (including phenoxy) is 2. The highest BCUT2D eigenvalue weighted by molar-refractivity contribution is 7.98. The van der Waals surface area contributed by atoms with Gasteiger partial charge >= 0.3 is 0 Å². The molecule has 4 aliphatic rings. The Balaban J connectivity index is 1.33. The van der Waals surface area contributed by atoms with Crippen molar-refractivity contribution in [2.24, 2.45) is 23.7 Å². The number of likely N-dealkylation sites (tertiary alicyclic amines) is 1. The number of nitrogens with zero attached hydrogens (tertiary/aromatic N) is 1. The molecule has 2 aromatic carbocycles. The summed E-state index contributed by atoms with van der Waals surface area (Å²) in [5.74, 6) is -0.798. The number of carbonyl (C=O) groups excluding carboxylic acids is 3. The van der Waals surface area contributed by atoms with Crippen molar-refractivity contribution in [1.29, 1.82) is 0 Å². The molecule has 2 saturated heterocycles. The Kier molecular flexibility index (Phi) is 7.83. The van der Waals surface area contributed by atoms with E-state index in [0.717, 1.165) is 29.7 Å². The fraction of sp³-hybridized carbons (Fsp3) is 0.485. The predicted octanol–water partition coefficient (Wildman–Crippen LogP) is 4.65. The van der Waals surface area contributed by atoms with E-state index in [-0.39, 0.29) is 30.3 Å². The molecule has 9 heteroatoms. The average Bonchev–Trinajstić information content (AvgIpc) is 3.63. The molecule has 1 aliphatic carbocycles. The Bertz CT molecular complexity index is 1410. The summed E-state index contributed by atoms with van der Waals surface area (Å²) < 4.78 is 11.9. The lowest BCUT2D eigenvalue weighted by atomic mass is 9.73. The molecule has 2 bridgehead atoms. The predicted molar refractivity (Wildman–Crippen MR) is 162 cm³/mol. The van der Waals surface area contributed by atoms with Gasteiger partial charge in [-0.2, -0.15) is 0 Å².